The van der Waals surface area contributed by atoms with Crippen molar-refractivity contribution in [2.75, 3.05) is 0 Å². The number of rotatable bonds is 0. The predicted octanol–water partition coefficient (Wildman–Crippen LogP) is -21.0. The molecule has 0 bridgehead atoms. The maximum atomic E-state index is 8.88. The van der Waals surface area contributed by atoms with E-state index in [1.807, 2.05) is 0 Å². The summed E-state index contributed by atoms with van der Waals surface area (Å²) >= 11 is 0. The van der Waals surface area contributed by atoms with Gasteiger partial charge < -0.3 is 67.3 Å². The zero-order valence-corrected chi connectivity index (χ0v) is 37.1. The van der Waals surface area contributed by atoms with Gasteiger partial charge in [0.25, 0.3) is 0 Å². The molecule has 0 atom stereocenters. The van der Waals surface area contributed by atoms with Gasteiger partial charge >= 0.3 is 340 Å². The molecule has 16 nitrogen and oxygen atoms in total. The average molecular weight is 633 g/mol. The van der Waals surface area contributed by atoms with Crippen LogP contribution >= 0.6 is 31.3 Å². The van der Waals surface area contributed by atoms with E-state index in [-0.39, 0.29) is 317 Å². The third-order valence-corrected chi connectivity index (χ3v) is 0. The Morgan fingerprint density at radius 3 is 0.308 bits per heavy atom. The summed E-state index contributed by atoms with van der Waals surface area (Å²) in [5.74, 6) is 0. The average Bonchev–Trinajstić information content (AvgIpc) is 1.62. The van der Waals surface area contributed by atoms with E-state index in [2.05, 4.69) is 0 Å². The van der Waals surface area contributed by atoms with Gasteiger partial charge in [-0.1, -0.05) is 0 Å². The van der Waals surface area contributed by atoms with Crippen molar-refractivity contribution in [2.45, 2.75) is 0 Å². The Morgan fingerprint density at radius 1 is 0.308 bits per heavy atom. The van der Waals surface area contributed by atoms with Crippen LogP contribution in [0.4, 0.5) is 0 Å². The monoisotopic (exact) mass is 632 g/mol. The van der Waals surface area contributed by atoms with E-state index < -0.39 is 31.3 Å². The molecule has 0 spiro atoms. The summed E-state index contributed by atoms with van der Waals surface area (Å²) < 4.78 is 35.5. The van der Waals surface area contributed by atoms with Gasteiger partial charge in [-0.25, -0.2) is 18.3 Å². The number of hydrogen-bond acceptors (Lipinski definition) is 4. The smallest absolute Gasteiger partial charge is 1.00 e. The minimum absolute atomic E-state index is 0. The molecule has 0 aliphatic heterocycles. The third kappa shape index (κ3) is 360. The number of phosphoric acid groups is 4. The molecule has 0 amide bonds. The molecule has 0 aliphatic carbocycles. The zero-order chi connectivity index (χ0) is 18.0. The zero-order valence-electron chi connectivity index (χ0n) is 20.8. The van der Waals surface area contributed by atoms with Crippen LogP contribution in [-0.4, -0.2) is 58.7 Å². The van der Waals surface area contributed by atoms with Crippen molar-refractivity contribution < 1.29 is 394 Å². The SMILES string of the molecule is O=P(O)(O)O.O=P(O)(O)O.O=P(O)(O)O.O=P(O)(O)O.[H-].[H-].[H-].[H-].[H-].[H-].[K+].[K+].[K+].[K+].[K+].[K+]. The van der Waals surface area contributed by atoms with Crippen molar-refractivity contribution in [1.82, 2.24) is 0 Å². The first-order chi connectivity index (χ1) is 8.00. The van der Waals surface area contributed by atoms with E-state index in [4.69, 9.17) is 77.0 Å². The molecule has 140 valence electrons. The molecular formula is H18K6O16P4. The summed E-state index contributed by atoms with van der Waals surface area (Å²) in [6, 6.07) is 0. The Kier molecular flexibility index (Phi) is 88.7. The van der Waals surface area contributed by atoms with Gasteiger partial charge in [-0.2, -0.15) is 0 Å². The summed E-state index contributed by atoms with van der Waals surface area (Å²) in [5.41, 5.74) is 0. The van der Waals surface area contributed by atoms with Gasteiger partial charge in [-0.05, 0) is 0 Å². The van der Waals surface area contributed by atoms with Gasteiger partial charge in [0.1, 0.15) is 0 Å². The molecule has 0 radical (unpaired) electrons. The molecule has 0 heterocycles. The Morgan fingerprint density at radius 2 is 0.308 bits per heavy atom. The van der Waals surface area contributed by atoms with Crippen LogP contribution in [0.2, 0.25) is 0 Å². The fraction of sp³-hybridized carbons (Fsp3) is 0. The van der Waals surface area contributed by atoms with E-state index >= 15 is 0 Å². The van der Waals surface area contributed by atoms with Crippen LogP contribution in [-0.2, 0) is 18.3 Å². The second kappa shape index (κ2) is 35.3. The van der Waals surface area contributed by atoms with Crippen LogP contribution in [0.15, 0.2) is 0 Å². The molecule has 0 saturated heterocycles. The van der Waals surface area contributed by atoms with Gasteiger partial charge in [-0.3, -0.25) is 0 Å². The summed E-state index contributed by atoms with van der Waals surface area (Å²) in [4.78, 5) is 86.2. The maximum Gasteiger partial charge on any atom is 1.00 e. The third-order valence-electron chi connectivity index (χ3n) is 0. The molecule has 0 aromatic heterocycles. The molecule has 26 heteroatoms. The Bertz CT molecular complexity index is 322. The van der Waals surface area contributed by atoms with Crippen LogP contribution in [0, 0.1) is 0 Å². The summed E-state index contributed by atoms with van der Waals surface area (Å²) in [7, 11) is -18.6. The number of hydrogen-bond donors (Lipinski definition) is 12. The molecule has 0 aromatic rings. The first-order valence-electron chi connectivity index (χ1n) is 3.13. The molecule has 0 rings (SSSR count). The first kappa shape index (κ1) is 65.4. The fourth-order valence-corrected chi connectivity index (χ4v) is 0. The Labute approximate surface area is 412 Å². The second-order valence-corrected chi connectivity index (χ2v) is 6.16. The maximum absolute atomic E-state index is 8.88. The van der Waals surface area contributed by atoms with Crippen LogP contribution < -0.4 is 308 Å². The molecule has 26 heavy (non-hydrogen) atoms. The Balaban J connectivity index is -0.00000000677. The van der Waals surface area contributed by atoms with E-state index in [0.717, 1.165) is 0 Å². The molecule has 0 fully saturated rings. The molecule has 0 saturated carbocycles. The first-order valence-corrected chi connectivity index (χ1v) is 9.39. The van der Waals surface area contributed by atoms with E-state index in [1.54, 1.807) is 0 Å². The van der Waals surface area contributed by atoms with E-state index in [9.17, 15) is 0 Å². The van der Waals surface area contributed by atoms with Crippen LogP contribution in [0.5, 0.6) is 0 Å². The molecule has 12 N–H and O–H groups in total. The summed E-state index contributed by atoms with van der Waals surface area (Å²) in [6.07, 6.45) is 0. The fourth-order valence-electron chi connectivity index (χ4n) is 0. The summed E-state index contributed by atoms with van der Waals surface area (Å²) in [6.45, 7) is 0. The van der Waals surface area contributed by atoms with Crippen molar-refractivity contribution in [3.8, 4) is 0 Å². The minimum Gasteiger partial charge on any atom is -1.00 e. The normalized spacial score (nSPS) is 9.08. The molecule has 0 aliphatic rings. The standard InChI is InChI=1S/6K.4H3O4P.6H/c;;;;;;4*1-5(2,3)4;;;;;;/h;;;;;;4*(H3,1,2,3,4);;;;;;/q6*+1;;;;;6*-1. The van der Waals surface area contributed by atoms with Crippen LogP contribution in [0.3, 0.4) is 0 Å². The predicted molar refractivity (Wildman–Crippen MR) is 63.7 cm³/mol. The van der Waals surface area contributed by atoms with Crippen molar-refractivity contribution in [2.24, 2.45) is 0 Å². The molecular weight excluding hydrogens is 614 g/mol. The van der Waals surface area contributed by atoms with Crippen LogP contribution in [0.1, 0.15) is 8.56 Å². The van der Waals surface area contributed by atoms with Gasteiger partial charge in [0.05, 0.1) is 0 Å². The molecule has 0 unspecified atom stereocenters. The van der Waals surface area contributed by atoms with Gasteiger partial charge in [0.15, 0.2) is 0 Å². The van der Waals surface area contributed by atoms with E-state index in [1.165, 1.54) is 0 Å². The second-order valence-electron chi connectivity index (χ2n) is 2.05. The van der Waals surface area contributed by atoms with Crippen molar-refractivity contribution >= 4 is 31.3 Å². The van der Waals surface area contributed by atoms with Crippen molar-refractivity contribution in [3.63, 3.8) is 0 Å². The van der Waals surface area contributed by atoms with Crippen LogP contribution in [0.25, 0.3) is 0 Å². The largest absolute Gasteiger partial charge is 1.00 e. The topological polar surface area (TPSA) is 311 Å². The van der Waals surface area contributed by atoms with Gasteiger partial charge in [-0.15, -0.1) is 0 Å². The molecule has 0 aromatic carbocycles. The minimum atomic E-state index is -4.64. The van der Waals surface area contributed by atoms with Crippen molar-refractivity contribution in [1.29, 1.82) is 0 Å². The summed E-state index contributed by atoms with van der Waals surface area (Å²) in [5, 5.41) is 0. The van der Waals surface area contributed by atoms with Gasteiger partial charge in [0, 0.05) is 0 Å². The quantitative estimate of drug-likeness (QED) is 0.0871. The van der Waals surface area contributed by atoms with Crippen molar-refractivity contribution in [3.05, 3.63) is 0 Å². The van der Waals surface area contributed by atoms with E-state index in [0.29, 0.717) is 0 Å². The Hall–Kier alpha value is 10.3. The van der Waals surface area contributed by atoms with Gasteiger partial charge in [0.2, 0.25) is 0 Å².